The smallest absolute Gasteiger partial charge is 0.185 e. The Labute approximate surface area is 114 Å². The molecule has 0 rings (SSSR count). The summed E-state index contributed by atoms with van der Waals surface area (Å²) in [6.45, 7) is 7.93. The monoisotopic (exact) mass is 272 g/mol. The molecule has 0 aliphatic carbocycles. The van der Waals surface area contributed by atoms with Crippen molar-refractivity contribution in [3.8, 4) is 0 Å². The Morgan fingerprint density at radius 3 is 2.47 bits per heavy atom. The van der Waals surface area contributed by atoms with Crippen molar-refractivity contribution in [3.05, 3.63) is 12.7 Å². The average molecular weight is 272 g/mol. The molecule has 110 valence electrons. The van der Waals surface area contributed by atoms with Gasteiger partial charge in [-0.2, -0.15) is 0 Å². The van der Waals surface area contributed by atoms with Gasteiger partial charge in [0.25, 0.3) is 0 Å². The van der Waals surface area contributed by atoms with Crippen molar-refractivity contribution in [2.24, 2.45) is 0 Å². The van der Waals surface area contributed by atoms with Crippen LogP contribution in [-0.2, 0) is 14.3 Å². The summed E-state index contributed by atoms with van der Waals surface area (Å²) in [5.74, 6) is -0.675. The number of carbonyl (C=O) groups is 2. The van der Waals surface area contributed by atoms with Crippen molar-refractivity contribution in [2.45, 2.75) is 57.8 Å². The lowest BCUT2D eigenvalue weighted by atomic mass is 9.98. The molecule has 0 radical (unpaired) electrons. The molecule has 0 aromatic heterocycles. The highest BCUT2D eigenvalue weighted by atomic mass is 16.5. The number of Topliss-reactive ketones (excluding diaryl/α,β-unsaturated/α-hetero) is 1. The minimum atomic E-state index is -1.29. The van der Waals surface area contributed by atoms with Crippen LogP contribution in [0, 0.1) is 0 Å². The second-order valence-corrected chi connectivity index (χ2v) is 5.14. The van der Waals surface area contributed by atoms with E-state index < -0.39 is 17.5 Å². The number of aliphatic hydroxyl groups excluding tert-OH is 1. The lowest BCUT2D eigenvalue weighted by molar-refractivity contribution is -0.134. The molecule has 0 spiro atoms. The molecule has 0 aliphatic heterocycles. The van der Waals surface area contributed by atoms with Crippen LogP contribution in [0.4, 0.5) is 0 Å². The Bertz CT molecular complexity index is 316. The van der Waals surface area contributed by atoms with Crippen molar-refractivity contribution < 1.29 is 24.5 Å². The van der Waals surface area contributed by atoms with Gasteiger partial charge in [-0.1, -0.05) is 6.58 Å². The minimum Gasteiger partial charge on any atom is -0.383 e. The Hall–Kier alpha value is -1.04. The molecule has 0 aromatic rings. The first-order chi connectivity index (χ1) is 8.68. The summed E-state index contributed by atoms with van der Waals surface area (Å²) in [6, 6.07) is 0. The minimum absolute atomic E-state index is 0.0779. The number of ketones is 2. The van der Waals surface area contributed by atoms with Crippen LogP contribution in [0.25, 0.3) is 0 Å². The molecule has 0 heterocycles. The Morgan fingerprint density at radius 1 is 1.42 bits per heavy atom. The zero-order chi connectivity index (χ0) is 15.1. The van der Waals surface area contributed by atoms with Gasteiger partial charge in [-0.25, -0.2) is 0 Å². The zero-order valence-electron chi connectivity index (χ0n) is 11.9. The number of rotatable bonds is 10. The summed E-state index contributed by atoms with van der Waals surface area (Å²) in [7, 11) is 0. The van der Waals surface area contributed by atoms with Crippen LogP contribution >= 0.6 is 0 Å². The second-order valence-electron chi connectivity index (χ2n) is 5.14. The SMILES string of the molecule is C=CC(=O)C(O)COC(C)CCCC(=O)C(C)(C)O. The summed E-state index contributed by atoms with van der Waals surface area (Å²) >= 11 is 0. The summed E-state index contributed by atoms with van der Waals surface area (Å²) in [6.07, 6.45) is 1.21. The van der Waals surface area contributed by atoms with E-state index >= 15 is 0 Å². The molecule has 2 N–H and O–H groups in total. The normalized spacial score (nSPS) is 14.8. The van der Waals surface area contributed by atoms with Crippen molar-refractivity contribution in [1.82, 2.24) is 0 Å². The van der Waals surface area contributed by atoms with Crippen LogP contribution in [-0.4, -0.2) is 46.2 Å². The van der Waals surface area contributed by atoms with E-state index in [2.05, 4.69) is 6.58 Å². The van der Waals surface area contributed by atoms with Crippen LogP contribution in [0.5, 0.6) is 0 Å². The lowest BCUT2D eigenvalue weighted by Gasteiger charge is -2.17. The summed E-state index contributed by atoms with van der Waals surface area (Å²) < 4.78 is 5.30. The fourth-order valence-electron chi connectivity index (χ4n) is 1.41. The maximum Gasteiger partial charge on any atom is 0.185 e. The molecular weight excluding hydrogens is 248 g/mol. The van der Waals surface area contributed by atoms with E-state index in [-0.39, 0.29) is 24.9 Å². The molecule has 2 unspecified atom stereocenters. The van der Waals surface area contributed by atoms with Crippen LogP contribution < -0.4 is 0 Å². The van der Waals surface area contributed by atoms with Gasteiger partial charge in [0.05, 0.1) is 12.7 Å². The molecule has 0 saturated heterocycles. The molecule has 0 amide bonds. The van der Waals surface area contributed by atoms with Gasteiger partial charge in [-0.3, -0.25) is 9.59 Å². The fraction of sp³-hybridized carbons (Fsp3) is 0.714. The highest BCUT2D eigenvalue weighted by Crippen LogP contribution is 2.11. The number of aliphatic hydroxyl groups is 2. The topological polar surface area (TPSA) is 83.8 Å². The van der Waals surface area contributed by atoms with E-state index in [4.69, 9.17) is 4.74 Å². The number of ether oxygens (including phenoxy) is 1. The van der Waals surface area contributed by atoms with Gasteiger partial charge in [0.2, 0.25) is 0 Å². The predicted octanol–water partition coefficient (Wildman–Crippen LogP) is 1.02. The van der Waals surface area contributed by atoms with Gasteiger partial charge >= 0.3 is 0 Å². The maximum atomic E-state index is 11.5. The Kier molecular flexibility index (Phi) is 7.75. The fourth-order valence-corrected chi connectivity index (χ4v) is 1.41. The Morgan fingerprint density at radius 2 is 2.00 bits per heavy atom. The van der Waals surface area contributed by atoms with Gasteiger partial charge < -0.3 is 14.9 Å². The van der Waals surface area contributed by atoms with Gasteiger partial charge in [-0.05, 0) is 39.7 Å². The van der Waals surface area contributed by atoms with Gasteiger partial charge in [-0.15, -0.1) is 0 Å². The highest BCUT2D eigenvalue weighted by molar-refractivity contribution is 5.92. The molecule has 0 aliphatic rings. The van der Waals surface area contributed by atoms with E-state index in [0.717, 1.165) is 6.08 Å². The molecule has 0 fully saturated rings. The first-order valence-electron chi connectivity index (χ1n) is 6.40. The molecule has 5 nitrogen and oxygen atoms in total. The summed E-state index contributed by atoms with van der Waals surface area (Å²) in [5, 5.41) is 18.8. The average Bonchev–Trinajstić information content (AvgIpc) is 2.33. The predicted molar refractivity (Wildman–Crippen MR) is 71.8 cm³/mol. The third-order valence-electron chi connectivity index (χ3n) is 2.77. The molecule has 0 bridgehead atoms. The van der Waals surface area contributed by atoms with Crippen molar-refractivity contribution in [1.29, 1.82) is 0 Å². The van der Waals surface area contributed by atoms with Crippen LogP contribution in [0.1, 0.15) is 40.0 Å². The van der Waals surface area contributed by atoms with E-state index in [0.29, 0.717) is 12.8 Å². The summed E-state index contributed by atoms with van der Waals surface area (Å²) in [5.41, 5.74) is -1.29. The summed E-state index contributed by atoms with van der Waals surface area (Å²) in [4.78, 5) is 22.5. The first kappa shape index (κ1) is 18.0. The zero-order valence-corrected chi connectivity index (χ0v) is 11.9. The van der Waals surface area contributed by atoms with E-state index in [1.807, 2.05) is 0 Å². The lowest BCUT2D eigenvalue weighted by Crippen LogP contribution is -2.31. The van der Waals surface area contributed by atoms with E-state index in [1.54, 1.807) is 6.92 Å². The van der Waals surface area contributed by atoms with Crippen LogP contribution in [0.15, 0.2) is 12.7 Å². The molecule has 2 atom stereocenters. The molecule has 5 heteroatoms. The van der Waals surface area contributed by atoms with Crippen molar-refractivity contribution in [3.63, 3.8) is 0 Å². The molecular formula is C14H24O5. The highest BCUT2D eigenvalue weighted by Gasteiger charge is 2.23. The van der Waals surface area contributed by atoms with E-state index in [1.165, 1.54) is 13.8 Å². The Balaban J connectivity index is 3.83. The van der Waals surface area contributed by atoms with Gasteiger partial charge in [0, 0.05) is 6.42 Å². The third-order valence-corrected chi connectivity index (χ3v) is 2.77. The molecule has 19 heavy (non-hydrogen) atoms. The van der Waals surface area contributed by atoms with Crippen molar-refractivity contribution >= 4 is 11.6 Å². The standard InChI is InChI=1S/C14H24O5/c1-5-11(15)12(16)9-19-10(2)7-6-8-13(17)14(3,4)18/h5,10,12,16,18H,1,6-9H2,2-4H3. The van der Waals surface area contributed by atoms with E-state index in [9.17, 15) is 19.8 Å². The number of carbonyl (C=O) groups excluding carboxylic acids is 2. The largest absolute Gasteiger partial charge is 0.383 e. The second kappa shape index (κ2) is 8.19. The third kappa shape index (κ3) is 7.87. The van der Waals surface area contributed by atoms with Gasteiger partial charge in [0.15, 0.2) is 11.6 Å². The first-order valence-corrected chi connectivity index (χ1v) is 6.40. The van der Waals surface area contributed by atoms with Crippen LogP contribution in [0.3, 0.4) is 0 Å². The molecule has 0 aromatic carbocycles. The van der Waals surface area contributed by atoms with Crippen molar-refractivity contribution in [2.75, 3.05) is 6.61 Å². The quantitative estimate of drug-likeness (QED) is 0.580. The van der Waals surface area contributed by atoms with Gasteiger partial charge in [0.1, 0.15) is 11.7 Å². The molecule has 0 saturated carbocycles. The number of hydrogen-bond acceptors (Lipinski definition) is 5. The number of hydrogen-bond donors (Lipinski definition) is 2. The maximum absolute atomic E-state index is 11.5. The van der Waals surface area contributed by atoms with Crippen LogP contribution in [0.2, 0.25) is 0 Å².